The van der Waals surface area contributed by atoms with Gasteiger partial charge in [0, 0.05) is 37.1 Å². The Hall–Kier alpha value is -2.38. The van der Waals surface area contributed by atoms with E-state index in [0.29, 0.717) is 35.8 Å². The fourth-order valence-electron chi connectivity index (χ4n) is 3.14. The number of hydrogen-bond acceptors (Lipinski definition) is 3. The summed E-state index contributed by atoms with van der Waals surface area (Å²) >= 11 is 5.86. The van der Waals surface area contributed by atoms with Crippen molar-refractivity contribution in [1.82, 2.24) is 4.90 Å². The highest BCUT2D eigenvalue weighted by Gasteiger charge is 2.20. The molecule has 0 saturated carbocycles. The summed E-state index contributed by atoms with van der Waals surface area (Å²) in [5, 5.41) is 3.49. The maximum atomic E-state index is 12.5. The van der Waals surface area contributed by atoms with Gasteiger partial charge in [-0.05, 0) is 61.2 Å². The summed E-state index contributed by atoms with van der Waals surface area (Å²) < 4.78 is 28.9. The van der Waals surface area contributed by atoms with E-state index in [0.717, 1.165) is 24.9 Å². The van der Waals surface area contributed by atoms with Crippen LogP contribution in [0.25, 0.3) is 0 Å². The molecule has 1 aliphatic rings. The molecule has 6 nitrogen and oxygen atoms in total. The van der Waals surface area contributed by atoms with Crippen molar-refractivity contribution in [1.29, 1.82) is 0 Å². The van der Waals surface area contributed by atoms with Crippen LogP contribution in [0.4, 0.5) is 5.69 Å². The predicted octanol–water partition coefficient (Wildman–Crippen LogP) is 4.11. The number of carbonyl (C=O) groups excluding carboxylic acids is 1. The summed E-state index contributed by atoms with van der Waals surface area (Å²) in [6.45, 7) is 0.817. The van der Waals surface area contributed by atoms with E-state index in [2.05, 4.69) is 9.71 Å². The number of anilines is 1. The van der Waals surface area contributed by atoms with Gasteiger partial charge >= 0.3 is 0 Å². The smallest absolute Gasteiger partial charge is 0.283 e. The fourth-order valence-corrected chi connectivity index (χ4v) is 4.36. The largest absolute Gasteiger partial charge is 0.362 e. The first-order valence-corrected chi connectivity index (χ1v) is 11.3. The Morgan fingerprint density at radius 2 is 1.83 bits per heavy atom. The van der Waals surface area contributed by atoms with Crippen molar-refractivity contribution < 1.29 is 13.2 Å². The third-order valence-corrected chi connectivity index (χ3v) is 6.35. The SMILES string of the molecule is CN1CCC/C1=N\S(=O)(=O)c1ccc(NC(=O)CCCc2ccc(Cl)cc2)cc1. The lowest BCUT2D eigenvalue weighted by Crippen LogP contribution is -2.20. The minimum Gasteiger partial charge on any atom is -0.362 e. The third-order valence-electron chi connectivity index (χ3n) is 4.78. The molecule has 29 heavy (non-hydrogen) atoms. The molecular formula is C21H24ClN3O3S. The van der Waals surface area contributed by atoms with Crippen molar-refractivity contribution in [2.75, 3.05) is 18.9 Å². The highest BCUT2D eigenvalue weighted by molar-refractivity contribution is 7.90. The maximum Gasteiger partial charge on any atom is 0.283 e. The van der Waals surface area contributed by atoms with Crippen molar-refractivity contribution in [2.45, 2.75) is 37.0 Å². The number of hydrogen-bond donors (Lipinski definition) is 1. The standard InChI is InChI=1S/C21H24ClN3O3S/c1-25-15-3-5-20(25)24-29(27,28)19-13-11-18(12-14-19)23-21(26)6-2-4-16-7-9-17(22)10-8-16/h7-14H,2-6,15H2,1H3,(H,23,26)/b24-20+. The topological polar surface area (TPSA) is 78.8 Å². The molecule has 1 heterocycles. The summed E-state index contributed by atoms with van der Waals surface area (Å²) in [5.74, 6) is 0.477. The summed E-state index contributed by atoms with van der Waals surface area (Å²) in [6.07, 6.45) is 3.46. The van der Waals surface area contributed by atoms with Crippen LogP contribution in [0.5, 0.6) is 0 Å². The highest BCUT2D eigenvalue weighted by Crippen LogP contribution is 2.19. The minimum atomic E-state index is -3.75. The first kappa shape index (κ1) is 21.3. The van der Waals surface area contributed by atoms with E-state index in [1.165, 1.54) is 12.1 Å². The molecule has 1 amide bonds. The number of sulfonamides is 1. The Morgan fingerprint density at radius 1 is 1.14 bits per heavy atom. The van der Waals surface area contributed by atoms with Crippen molar-refractivity contribution in [2.24, 2.45) is 4.40 Å². The van der Waals surface area contributed by atoms with Crippen LogP contribution < -0.4 is 5.32 Å². The van der Waals surface area contributed by atoms with Crippen LogP contribution in [-0.2, 0) is 21.2 Å². The van der Waals surface area contributed by atoms with Gasteiger partial charge in [0.2, 0.25) is 5.91 Å². The van der Waals surface area contributed by atoms with Crippen LogP contribution in [-0.4, -0.2) is 38.7 Å². The quantitative estimate of drug-likeness (QED) is 0.712. The average molecular weight is 434 g/mol. The summed E-state index contributed by atoms with van der Waals surface area (Å²) in [5.41, 5.74) is 1.69. The molecule has 8 heteroatoms. The summed E-state index contributed by atoms with van der Waals surface area (Å²) in [7, 11) is -1.91. The molecule has 1 aliphatic heterocycles. The van der Waals surface area contributed by atoms with Crippen LogP contribution in [0.1, 0.15) is 31.2 Å². The minimum absolute atomic E-state index is 0.109. The second-order valence-corrected chi connectivity index (χ2v) is 9.10. The van der Waals surface area contributed by atoms with Gasteiger partial charge in [0.1, 0.15) is 5.84 Å². The number of benzene rings is 2. The molecule has 0 bridgehead atoms. The average Bonchev–Trinajstić information content (AvgIpc) is 3.08. The number of halogens is 1. The zero-order chi connectivity index (χ0) is 20.9. The van der Waals surface area contributed by atoms with Gasteiger partial charge < -0.3 is 10.2 Å². The maximum absolute atomic E-state index is 12.5. The van der Waals surface area contributed by atoms with Gasteiger partial charge in [0.15, 0.2) is 0 Å². The molecule has 0 radical (unpaired) electrons. The number of aryl methyl sites for hydroxylation is 1. The van der Waals surface area contributed by atoms with E-state index >= 15 is 0 Å². The normalized spacial score (nSPS) is 15.7. The highest BCUT2D eigenvalue weighted by atomic mass is 35.5. The molecule has 1 N–H and O–H groups in total. The van der Waals surface area contributed by atoms with E-state index < -0.39 is 10.0 Å². The Labute approximate surface area is 176 Å². The fraction of sp³-hybridized carbons (Fsp3) is 0.333. The van der Waals surface area contributed by atoms with Crippen molar-refractivity contribution in [3.8, 4) is 0 Å². The van der Waals surface area contributed by atoms with E-state index in [4.69, 9.17) is 11.6 Å². The molecule has 0 atom stereocenters. The van der Waals surface area contributed by atoms with E-state index in [1.807, 2.05) is 36.2 Å². The number of likely N-dealkylation sites (tertiary alicyclic amines) is 1. The predicted molar refractivity (Wildman–Crippen MR) is 116 cm³/mol. The zero-order valence-electron chi connectivity index (χ0n) is 16.3. The molecule has 3 rings (SSSR count). The lowest BCUT2D eigenvalue weighted by atomic mass is 10.1. The Morgan fingerprint density at radius 3 is 2.45 bits per heavy atom. The Bertz CT molecular complexity index is 987. The second-order valence-electron chi connectivity index (χ2n) is 7.06. The number of nitrogens with one attached hydrogen (secondary N) is 1. The van der Waals surface area contributed by atoms with Crippen LogP contribution >= 0.6 is 11.6 Å². The first-order valence-electron chi connectivity index (χ1n) is 9.53. The Kier molecular flexibility index (Phi) is 6.92. The zero-order valence-corrected chi connectivity index (χ0v) is 17.8. The van der Waals surface area contributed by atoms with E-state index in [9.17, 15) is 13.2 Å². The molecule has 154 valence electrons. The van der Waals surface area contributed by atoms with Crippen molar-refractivity contribution in [3.63, 3.8) is 0 Å². The van der Waals surface area contributed by atoms with Crippen LogP contribution in [0.15, 0.2) is 57.8 Å². The van der Waals surface area contributed by atoms with Gasteiger partial charge in [-0.25, -0.2) is 0 Å². The van der Waals surface area contributed by atoms with E-state index in [-0.39, 0.29) is 10.8 Å². The molecule has 1 saturated heterocycles. The number of amides is 1. The van der Waals surface area contributed by atoms with E-state index in [1.54, 1.807) is 12.1 Å². The van der Waals surface area contributed by atoms with Crippen LogP contribution in [0, 0.1) is 0 Å². The van der Waals surface area contributed by atoms with Crippen LogP contribution in [0.2, 0.25) is 5.02 Å². The van der Waals surface area contributed by atoms with Gasteiger partial charge in [0.25, 0.3) is 10.0 Å². The van der Waals surface area contributed by atoms with Gasteiger partial charge in [-0.2, -0.15) is 8.42 Å². The Balaban J connectivity index is 1.53. The monoisotopic (exact) mass is 433 g/mol. The molecule has 2 aromatic rings. The molecule has 1 fully saturated rings. The number of rotatable bonds is 7. The molecular weight excluding hydrogens is 410 g/mol. The molecule has 0 unspecified atom stereocenters. The first-order chi connectivity index (χ1) is 13.8. The second kappa shape index (κ2) is 9.41. The number of carbonyl (C=O) groups is 1. The molecule has 0 aliphatic carbocycles. The van der Waals surface area contributed by atoms with Gasteiger partial charge in [0.05, 0.1) is 4.90 Å². The van der Waals surface area contributed by atoms with Crippen molar-refractivity contribution in [3.05, 3.63) is 59.1 Å². The molecule has 0 aromatic heterocycles. The lowest BCUT2D eigenvalue weighted by Gasteiger charge is -2.11. The third kappa shape index (κ3) is 6.05. The lowest BCUT2D eigenvalue weighted by molar-refractivity contribution is -0.116. The van der Waals surface area contributed by atoms with Gasteiger partial charge in [-0.3, -0.25) is 4.79 Å². The number of amidine groups is 1. The van der Waals surface area contributed by atoms with Gasteiger partial charge in [-0.15, -0.1) is 4.40 Å². The molecule has 0 spiro atoms. The summed E-state index contributed by atoms with van der Waals surface area (Å²) in [4.78, 5) is 14.1. The summed E-state index contributed by atoms with van der Waals surface area (Å²) in [6, 6.07) is 13.7. The van der Waals surface area contributed by atoms with Gasteiger partial charge in [-0.1, -0.05) is 23.7 Å². The molecule has 2 aromatic carbocycles. The van der Waals surface area contributed by atoms with Crippen LogP contribution in [0.3, 0.4) is 0 Å². The number of nitrogens with zero attached hydrogens (tertiary/aromatic N) is 2. The van der Waals surface area contributed by atoms with Crippen molar-refractivity contribution >= 4 is 39.1 Å².